The molecule has 2 N–H and O–H groups in total. The molecule has 1 aromatic carbocycles. The van der Waals surface area contributed by atoms with Crippen molar-refractivity contribution in [2.45, 2.75) is 13.8 Å². The number of hydrazone groups is 1. The Morgan fingerprint density at radius 1 is 1.17 bits per heavy atom. The fourth-order valence-corrected chi connectivity index (χ4v) is 2.71. The Hall–Kier alpha value is -3.29. The maximum absolute atomic E-state index is 12.4. The number of nitrogen functional groups attached to an aromatic ring is 1. The number of benzene rings is 1. The van der Waals surface area contributed by atoms with Crippen molar-refractivity contribution in [2.75, 3.05) is 10.7 Å². The molecule has 24 heavy (non-hydrogen) atoms. The second-order valence-corrected chi connectivity index (χ2v) is 5.74. The van der Waals surface area contributed by atoms with E-state index in [1.165, 1.54) is 4.68 Å². The summed E-state index contributed by atoms with van der Waals surface area (Å²) in [5.41, 5.74) is 8.57. The smallest absolute Gasteiger partial charge is 0.265 e. The molecule has 4 rings (SSSR count). The van der Waals surface area contributed by atoms with E-state index in [1.807, 2.05) is 38.1 Å². The largest absolute Gasteiger partial charge is 0.383 e. The minimum absolute atomic E-state index is 0.153. The van der Waals surface area contributed by atoms with E-state index in [-0.39, 0.29) is 11.9 Å². The summed E-state index contributed by atoms with van der Waals surface area (Å²) in [6, 6.07) is 9.52. The highest BCUT2D eigenvalue weighted by molar-refractivity contribution is 6.29. The number of hydrogen-bond acceptors (Lipinski definition) is 6. The van der Waals surface area contributed by atoms with Crippen LogP contribution >= 0.6 is 0 Å². The van der Waals surface area contributed by atoms with E-state index >= 15 is 0 Å². The van der Waals surface area contributed by atoms with Gasteiger partial charge in [-0.25, -0.2) is 5.01 Å². The van der Waals surface area contributed by atoms with Gasteiger partial charge in [-0.1, -0.05) is 12.1 Å². The van der Waals surface area contributed by atoms with Crippen molar-refractivity contribution in [3.05, 3.63) is 41.6 Å². The van der Waals surface area contributed by atoms with Crippen LogP contribution in [-0.4, -0.2) is 33.7 Å². The summed E-state index contributed by atoms with van der Waals surface area (Å²) in [6.45, 7) is 3.81. The van der Waals surface area contributed by atoms with Gasteiger partial charge in [0.05, 0.1) is 11.4 Å². The Labute approximate surface area is 138 Å². The van der Waals surface area contributed by atoms with Gasteiger partial charge in [0.1, 0.15) is 11.7 Å². The lowest BCUT2D eigenvalue weighted by Gasteiger charge is -2.20. The molecule has 0 fully saturated rings. The van der Waals surface area contributed by atoms with Crippen molar-refractivity contribution in [1.29, 1.82) is 0 Å². The summed E-state index contributed by atoms with van der Waals surface area (Å²) in [7, 11) is 0. The highest BCUT2D eigenvalue weighted by Crippen LogP contribution is 2.26. The van der Waals surface area contributed by atoms with Crippen molar-refractivity contribution < 1.29 is 4.79 Å². The minimum Gasteiger partial charge on any atom is -0.383 e. The number of aryl methyl sites for hydroxylation is 2. The maximum Gasteiger partial charge on any atom is 0.265 e. The third-order valence-electron chi connectivity index (χ3n) is 3.81. The molecule has 2 aliphatic rings. The zero-order valence-corrected chi connectivity index (χ0v) is 13.2. The quantitative estimate of drug-likeness (QED) is 0.856. The highest BCUT2D eigenvalue weighted by Gasteiger charge is 2.37. The lowest BCUT2D eigenvalue weighted by Crippen LogP contribution is -2.36. The van der Waals surface area contributed by atoms with Gasteiger partial charge in [-0.05, 0) is 31.5 Å². The van der Waals surface area contributed by atoms with E-state index in [4.69, 9.17) is 5.73 Å². The van der Waals surface area contributed by atoms with Crippen molar-refractivity contribution in [2.24, 2.45) is 21.0 Å². The number of carbonyl (C=O) groups excluding carboxylic acids is 1. The van der Waals surface area contributed by atoms with E-state index in [1.54, 1.807) is 17.3 Å². The molecular weight excluding hydrogens is 306 g/mol. The average molecular weight is 321 g/mol. The second-order valence-electron chi connectivity index (χ2n) is 5.74. The van der Waals surface area contributed by atoms with E-state index in [2.05, 4.69) is 20.2 Å². The first kappa shape index (κ1) is 14.3. The van der Waals surface area contributed by atoms with Crippen LogP contribution in [0.3, 0.4) is 0 Å². The van der Waals surface area contributed by atoms with Gasteiger partial charge in [-0.3, -0.25) is 4.79 Å². The lowest BCUT2D eigenvalue weighted by atomic mass is 10.1. The number of anilines is 2. The van der Waals surface area contributed by atoms with Crippen LogP contribution in [0.25, 0.3) is 0 Å². The topological polar surface area (TPSA) is 101 Å². The fourth-order valence-electron chi connectivity index (χ4n) is 2.71. The van der Waals surface area contributed by atoms with Crippen LogP contribution in [0.2, 0.25) is 0 Å². The van der Waals surface area contributed by atoms with Crippen molar-refractivity contribution in [3.63, 3.8) is 0 Å². The number of nitrogens with zero attached hydrogens (tertiary/aromatic N) is 6. The second kappa shape index (κ2) is 5.12. The molecule has 1 atom stereocenters. The third kappa shape index (κ3) is 2.19. The number of nitrogens with two attached hydrogens (primary N) is 1. The number of aliphatic imine (C=N–C) groups is 2. The molecule has 1 aromatic heterocycles. The number of rotatable bonds is 1. The SMILES string of the molecule is Cc1cccc(N2N=CC3C(=O)N=C(n4nc(C)cc4N)N=C32)c1. The number of fused-ring (bicyclic) bond motifs is 1. The molecule has 0 radical (unpaired) electrons. The molecule has 8 heteroatoms. The summed E-state index contributed by atoms with van der Waals surface area (Å²) in [5, 5.41) is 10.2. The zero-order chi connectivity index (χ0) is 16.8. The van der Waals surface area contributed by atoms with Crippen LogP contribution in [0.4, 0.5) is 11.5 Å². The Kier molecular flexibility index (Phi) is 3.05. The first-order valence-corrected chi connectivity index (χ1v) is 7.47. The van der Waals surface area contributed by atoms with Gasteiger partial charge in [-0.2, -0.15) is 24.9 Å². The molecule has 1 amide bonds. The summed E-state index contributed by atoms with van der Waals surface area (Å²) in [4.78, 5) is 20.9. The molecule has 1 unspecified atom stereocenters. The normalized spacial score (nSPS) is 19.3. The predicted octanol–water partition coefficient (Wildman–Crippen LogP) is 1.35. The van der Waals surface area contributed by atoms with Gasteiger partial charge in [0.25, 0.3) is 11.9 Å². The van der Waals surface area contributed by atoms with Gasteiger partial charge in [0.2, 0.25) is 0 Å². The number of carbonyl (C=O) groups is 1. The van der Waals surface area contributed by atoms with Gasteiger partial charge in [0.15, 0.2) is 5.84 Å². The van der Waals surface area contributed by atoms with Gasteiger partial charge in [0, 0.05) is 12.3 Å². The molecule has 0 saturated carbocycles. The Morgan fingerprint density at radius 3 is 2.71 bits per heavy atom. The first-order chi connectivity index (χ1) is 11.5. The van der Waals surface area contributed by atoms with Gasteiger partial charge >= 0.3 is 0 Å². The van der Waals surface area contributed by atoms with Crippen LogP contribution < -0.4 is 10.7 Å². The lowest BCUT2D eigenvalue weighted by molar-refractivity contribution is -0.118. The first-order valence-electron chi connectivity index (χ1n) is 7.47. The van der Waals surface area contributed by atoms with Crippen molar-refractivity contribution in [1.82, 2.24) is 9.78 Å². The molecule has 0 spiro atoms. The molecule has 3 heterocycles. The summed E-state index contributed by atoms with van der Waals surface area (Å²) in [6.07, 6.45) is 1.56. The molecule has 0 saturated heterocycles. The average Bonchev–Trinajstić information content (AvgIpc) is 3.10. The van der Waals surface area contributed by atoms with Crippen molar-refractivity contribution >= 4 is 35.4 Å². The fraction of sp³-hybridized carbons (Fsp3) is 0.188. The van der Waals surface area contributed by atoms with Crippen LogP contribution in [-0.2, 0) is 4.79 Å². The summed E-state index contributed by atoms with van der Waals surface area (Å²) in [5.74, 6) is 0.125. The van der Waals surface area contributed by atoms with E-state index < -0.39 is 5.92 Å². The van der Waals surface area contributed by atoms with Crippen LogP contribution in [0.15, 0.2) is 45.4 Å². The van der Waals surface area contributed by atoms with E-state index in [0.717, 1.165) is 16.9 Å². The molecule has 0 bridgehead atoms. The Bertz CT molecular complexity index is 938. The van der Waals surface area contributed by atoms with Crippen LogP contribution in [0.5, 0.6) is 0 Å². The zero-order valence-electron chi connectivity index (χ0n) is 13.2. The molecule has 120 valence electrons. The summed E-state index contributed by atoms with van der Waals surface area (Å²) >= 11 is 0. The van der Waals surface area contributed by atoms with Crippen molar-refractivity contribution in [3.8, 4) is 0 Å². The molecule has 8 nitrogen and oxygen atoms in total. The standard InChI is InChI=1S/C16H15N7O/c1-9-4-3-5-11(6-9)22-14-12(8-18-22)15(24)20-16(19-14)23-13(17)7-10(2)21-23/h3-8,12H,17H2,1-2H3. The molecule has 2 aromatic rings. The molecular formula is C16H15N7O. The number of aromatic nitrogens is 2. The summed E-state index contributed by atoms with van der Waals surface area (Å²) < 4.78 is 1.36. The van der Waals surface area contributed by atoms with Gasteiger partial charge in [-0.15, -0.1) is 0 Å². The minimum atomic E-state index is -0.577. The third-order valence-corrected chi connectivity index (χ3v) is 3.81. The molecule has 2 aliphatic heterocycles. The van der Waals surface area contributed by atoms with E-state index in [9.17, 15) is 4.79 Å². The molecule has 0 aliphatic carbocycles. The monoisotopic (exact) mass is 321 g/mol. The number of amides is 1. The Morgan fingerprint density at radius 2 is 2.00 bits per heavy atom. The number of amidine groups is 1. The van der Waals surface area contributed by atoms with Gasteiger partial charge < -0.3 is 5.73 Å². The number of hydrogen-bond donors (Lipinski definition) is 1. The highest BCUT2D eigenvalue weighted by atomic mass is 16.1. The van der Waals surface area contributed by atoms with Crippen LogP contribution in [0.1, 0.15) is 11.3 Å². The van der Waals surface area contributed by atoms with E-state index in [0.29, 0.717) is 11.7 Å². The maximum atomic E-state index is 12.4. The van der Waals surface area contributed by atoms with Crippen LogP contribution in [0, 0.1) is 19.8 Å². The predicted molar refractivity (Wildman–Crippen MR) is 92.3 cm³/mol. The Balaban J connectivity index is 1.78.